The predicted octanol–water partition coefficient (Wildman–Crippen LogP) is 7.10. The first-order chi connectivity index (χ1) is 22.4. The van der Waals surface area contributed by atoms with Gasteiger partial charge in [0.05, 0.1) is 24.2 Å². The van der Waals surface area contributed by atoms with Gasteiger partial charge in [0.2, 0.25) is 11.8 Å². The zero-order valence-corrected chi connectivity index (χ0v) is 27.3. The molecule has 1 saturated heterocycles. The topological polar surface area (TPSA) is 98.6 Å². The number of alkyl halides is 3. The van der Waals surface area contributed by atoms with Gasteiger partial charge in [-0.2, -0.15) is 0 Å². The maximum Gasteiger partial charge on any atom is 0.573 e. The number of aryl methyl sites for hydroxylation is 1. The minimum atomic E-state index is -4.75. The Kier molecular flexibility index (Phi) is 10.4. The Bertz CT molecular complexity index is 1690. The number of hydrogen-bond donors (Lipinski definition) is 1. The summed E-state index contributed by atoms with van der Waals surface area (Å²) in [4.78, 5) is 32.0. The molecule has 248 valence electrons. The van der Waals surface area contributed by atoms with Crippen molar-refractivity contribution < 1.29 is 32.2 Å². The van der Waals surface area contributed by atoms with Crippen molar-refractivity contribution in [1.29, 1.82) is 0 Å². The molecule has 2 heterocycles. The summed E-state index contributed by atoms with van der Waals surface area (Å²) in [5.41, 5.74) is 3.73. The van der Waals surface area contributed by atoms with E-state index in [4.69, 9.17) is 4.74 Å². The van der Waals surface area contributed by atoms with E-state index in [0.717, 1.165) is 41.0 Å². The van der Waals surface area contributed by atoms with Gasteiger partial charge in [0.15, 0.2) is 11.3 Å². The molecule has 1 fully saturated rings. The molecule has 2 amide bonds. The van der Waals surface area contributed by atoms with Gasteiger partial charge in [-0.1, -0.05) is 45.0 Å². The molecular formula is C34H36F3N5O4S. The van der Waals surface area contributed by atoms with Gasteiger partial charge in [0.25, 0.3) is 0 Å². The van der Waals surface area contributed by atoms with Gasteiger partial charge in [-0.15, -0.1) is 30.0 Å². The van der Waals surface area contributed by atoms with Gasteiger partial charge >= 0.3 is 6.36 Å². The van der Waals surface area contributed by atoms with E-state index in [1.165, 1.54) is 47.0 Å². The summed E-state index contributed by atoms with van der Waals surface area (Å²) in [5, 5.41) is 7.51. The van der Waals surface area contributed by atoms with Crippen LogP contribution >= 0.6 is 11.8 Å². The molecule has 1 N–H and O–H groups in total. The number of methoxy groups -OCH3 is 1. The molecule has 0 spiro atoms. The standard InChI is InChI=1S/C34H36F3N5O4S/c1-21(2)28-18-27(45-4)15-16-29(28)42-31(44)19-47-33(42)39-30(43)17-22(3)5-6-23-7-9-24(10-8-23)32-38-20-41(40-32)25-11-13-26(14-12-25)46-34(35,36)37/h7-16,18,20-22,33H,5-6,17,19H2,1-4H3,(H,39,43). The second-order valence-corrected chi connectivity index (χ2v) is 12.7. The number of hydrogen-bond acceptors (Lipinski definition) is 7. The van der Waals surface area contributed by atoms with Crippen LogP contribution in [0.1, 0.15) is 50.7 Å². The number of nitrogens with zero attached hydrogens (tertiary/aromatic N) is 4. The van der Waals surface area contributed by atoms with Crippen LogP contribution in [0.2, 0.25) is 0 Å². The maximum atomic E-state index is 13.1. The van der Waals surface area contributed by atoms with E-state index in [9.17, 15) is 22.8 Å². The molecule has 9 nitrogen and oxygen atoms in total. The first-order valence-electron chi connectivity index (χ1n) is 15.2. The zero-order chi connectivity index (χ0) is 33.7. The lowest BCUT2D eigenvalue weighted by molar-refractivity contribution is -0.274. The van der Waals surface area contributed by atoms with Crippen LogP contribution < -0.4 is 19.7 Å². The summed E-state index contributed by atoms with van der Waals surface area (Å²) in [6.45, 7) is 6.16. The van der Waals surface area contributed by atoms with Crippen molar-refractivity contribution in [2.45, 2.75) is 57.8 Å². The highest BCUT2D eigenvalue weighted by Crippen LogP contribution is 2.37. The maximum absolute atomic E-state index is 13.1. The minimum absolute atomic E-state index is 0.0422. The molecular weight excluding hydrogens is 631 g/mol. The Balaban J connectivity index is 1.13. The fourth-order valence-corrected chi connectivity index (χ4v) is 6.34. The molecule has 1 aliphatic rings. The Labute approximate surface area is 275 Å². The Morgan fingerprint density at radius 1 is 1.04 bits per heavy atom. The van der Waals surface area contributed by atoms with Crippen LogP contribution in [0.5, 0.6) is 11.5 Å². The molecule has 2 unspecified atom stereocenters. The van der Waals surface area contributed by atoms with Crippen molar-refractivity contribution in [3.05, 3.63) is 84.2 Å². The predicted molar refractivity (Wildman–Crippen MR) is 175 cm³/mol. The molecule has 3 aromatic carbocycles. The second-order valence-electron chi connectivity index (χ2n) is 11.7. The van der Waals surface area contributed by atoms with E-state index < -0.39 is 11.9 Å². The number of benzene rings is 3. The minimum Gasteiger partial charge on any atom is -0.497 e. The molecule has 1 aromatic heterocycles. The van der Waals surface area contributed by atoms with E-state index >= 15 is 0 Å². The Morgan fingerprint density at radius 2 is 1.74 bits per heavy atom. The Morgan fingerprint density at radius 3 is 2.40 bits per heavy atom. The van der Waals surface area contributed by atoms with Crippen LogP contribution in [0.25, 0.3) is 17.1 Å². The number of rotatable bonds is 12. The molecule has 0 radical (unpaired) electrons. The van der Waals surface area contributed by atoms with Gasteiger partial charge < -0.3 is 14.8 Å². The molecule has 13 heteroatoms. The number of aromatic nitrogens is 3. The summed E-state index contributed by atoms with van der Waals surface area (Å²) < 4.78 is 48.1. The number of carbonyl (C=O) groups is 2. The number of ether oxygens (including phenoxy) is 2. The highest BCUT2D eigenvalue weighted by Gasteiger charge is 2.36. The molecule has 5 rings (SSSR count). The van der Waals surface area contributed by atoms with Crippen LogP contribution in [0.3, 0.4) is 0 Å². The summed E-state index contributed by atoms with van der Waals surface area (Å²) in [6.07, 6.45) is -1.35. The zero-order valence-electron chi connectivity index (χ0n) is 26.5. The van der Waals surface area contributed by atoms with Crippen LogP contribution in [-0.2, 0) is 16.0 Å². The van der Waals surface area contributed by atoms with Gasteiger partial charge in [-0.25, -0.2) is 9.67 Å². The van der Waals surface area contributed by atoms with E-state index in [2.05, 4.69) is 34.0 Å². The molecule has 2 atom stereocenters. The van der Waals surface area contributed by atoms with E-state index in [-0.39, 0.29) is 29.4 Å². The fourth-order valence-electron chi connectivity index (χ4n) is 5.30. The third-order valence-electron chi connectivity index (χ3n) is 7.77. The van der Waals surface area contributed by atoms with Gasteiger partial charge in [-0.05, 0) is 78.3 Å². The molecule has 0 saturated carbocycles. The summed E-state index contributed by atoms with van der Waals surface area (Å²) >= 11 is 1.41. The smallest absolute Gasteiger partial charge is 0.497 e. The Hall–Kier alpha value is -4.52. The van der Waals surface area contributed by atoms with Gasteiger partial charge in [0.1, 0.15) is 17.8 Å². The number of thioether (sulfide) groups is 1. The normalized spacial score (nSPS) is 15.6. The first kappa shape index (κ1) is 33.8. The van der Waals surface area contributed by atoms with Gasteiger partial charge in [0, 0.05) is 12.0 Å². The van der Waals surface area contributed by atoms with Crippen LogP contribution in [-0.4, -0.2) is 51.3 Å². The van der Waals surface area contributed by atoms with E-state index in [1.54, 1.807) is 12.0 Å². The third kappa shape index (κ3) is 8.64. The summed E-state index contributed by atoms with van der Waals surface area (Å²) in [6, 6.07) is 18.8. The van der Waals surface area contributed by atoms with Gasteiger partial charge in [-0.3, -0.25) is 14.5 Å². The fraction of sp³-hybridized carbons (Fsp3) is 0.353. The summed E-state index contributed by atoms with van der Waals surface area (Å²) in [5.74, 6) is 1.31. The molecule has 0 bridgehead atoms. The molecule has 0 aliphatic carbocycles. The van der Waals surface area contributed by atoms with Crippen molar-refractivity contribution in [2.24, 2.45) is 5.92 Å². The lowest BCUT2D eigenvalue weighted by Crippen LogP contribution is -2.45. The quantitative estimate of drug-likeness (QED) is 0.172. The number of carbonyl (C=O) groups excluding carboxylic acids is 2. The number of nitrogens with one attached hydrogen (secondary N) is 1. The number of halogens is 3. The van der Waals surface area contributed by atoms with Crippen molar-refractivity contribution >= 4 is 29.3 Å². The van der Waals surface area contributed by atoms with E-state index in [1.807, 2.05) is 49.4 Å². The largest absolute Gasteiger partial charge is 0.573 e. The summed E-state index contributed by atoms with van der Waals surface area (Å²) in [7, 11) is 1.61. The first-order valence-corrected chi connectivity index (χ1v) is 16.2. The monoisotopic (exact) mass is 667 g/mol. The average molecular weight is 668 g/mol. The van der Waals surface area contributed by atoms with Crippen LogP contribution in [0, 0.1) is 5.92 Å². The lowest BCUT2D eigenvalue weighted by atomic mass is 9.97. The van der Waals surface area contributed by atoms with Crippen molar-refractivity contribution in [3.8, 4) is 28.6 Å². The van der Waals surface area contributed by atoms with Crippen LogP contribution in [0.15, 0.2) is 73.1 Å². The van der Waals surface area contributed by atoms with E-state index in [0.29, 0.717) is 23.7 Å². The van der Waals surface area contributed by atoms with Crippen molar-refractivity contribution in [3.63, 3.8) is 0 Å². The highest BCUT2D eigenvalue weighted by molar-refractivity contribution is 8.01. The van der Waals surface area contributed by atoms with Crippen molar-refractivity contribution in [1.82, 2.24) is 20.1 Å². The molecule has 1 aliphatic heterocycles. The highest BCUT2D eigenvalue weighted by atomic mass is 32.2. The lowest BCUT2D eigenvalue weighted by Gasteiger charge is -2.28. The SMILES string of the molecule is COc1ccc(N2C(=O)CSC2NC(=O)CC(C)CCc2ccc(-c3ncn(-c4ccc(OC(F)(F)F)cc4)n3)cc2)c(C(C)C)c1. The third-order valence-corrected chi connectivity index (χ3v) is 8.83. The van der Waals surface area contributed by atoms with Crippen molar-refractivity contribution in [2.75, 3.05) is 17.8 Å². The number of amides is 2. The van der Waals surface area contributed by atoms with Crippen LogP contribution in [0.4, 0.5) is 18.9 Å². The average Bonchev–Trinajstić information content (AvgIpc) is 3.66. The second kappa shape index (κ2) is 14.5. The molecule has 47 heavy (non-hydrogen) atoms. The number of anilines is 1. The molecule has 4 aromatic rings.